The molecule has 118 valence electrons. The minimum atomic E-state index is -0.516. The summed E-state index contributed by atoms with van der Waals surface area (Å²) in [5.41, 5.74) is 2.76. The average Bonchev–Trinajstić information content (AvgIpc) is 2.53. The van der Waals surface area contributed by atoms with Gasteiger partial charge in [0.25, 0.3) is 11.8 Å². The zero-order valence-corrected chi connectivity index (χ0v) is 13.8. The van der Waals surface area contributed by atoms with Crippen molar-refractivity contribution in [3.63, 3.8) is 0 Å². The molecule has 5 heteroatoms. The van der Waals surface area contributed by atoms with Gasteiger partial charge in [-0.15, -0.1) is 0 Å². The first-order valence-corrected chi connectivity index (χ1v) is 7.37. The van der Waals surface area contributed by atoms with E-state index in [1.54, 1.807) is 19.9 Å². The van der Waals surface area contributed by atoms with Gasteiger partial charge < -0.3 is 4.90 Å². The van der Waals surface area contributed by atoms with E-state index in [1.807, 2.05) is 49.3 Å². The molecule has 1 aliphatic rings. The van der Waals surface area contributed by atoms with Crippen LogP contribution in [0.5, 0.6) is 0 Å². The second-order valence-corrected chi connectivity index (χ2v) is 5.51. The number of rotatable bonds is 3. The number of likely N-dealkylation sites (N-methyl/N-ethyl adjacent to an activating group) is 1. The molecule has 0 N–H and O–H groups in total. The van der Waals surface area contributed by atoms with Crippen LogP contribution in [0.25, 0.3) is 6.08 Å². The molecule has 2 amide bonds. The number of carbonyl (C=O) groups is 2. The summed E-state index contributed by atoms with van der Waals surface area (Å²) in [5, 5.41) is 9.21. The summed E-state index contributed by atoms with van der Waals surface area (Å²) in [6.45, 7) is 3.60. The van der Waals surface area contributed by atoms with E-state index in [4.69, 9.17) is 0 Å². The lowest BCUT2D eigenvalue weighted by molar-refractivity contribution is -0.140. The molecule has 1 aromatic carbocycles. The number of imide groups is 1. The number of hydrogen-bond acceptors (Lipinski definition) is 4. The van der Waals surface area contributed by atoms with Gasteiger partial charge in [0.15, 0.2) is 0 Å². The van der Waals surface area contributed by atoms with Crippen LogP contribution in [0.15, 0.2) is 41.0 Å². The molecule has 0 fully saturated rings. The van der Waals surface area contributed by atoms with E-state index in [9.17, 15) is 14.9 Å². The summed E-state index contributed by atoms with van der Waals surface area (Å²) in [7, 11) is 3.91. The third-order valence-electron chi connectivity index (χ3n) is 3.86. The number of benzene rings is 1. The largest absolute Gasteiger partial charge is 0.378 e. The maximum atomic E-state index is 12.5. The number of nitrogens with zero attached hydrogens (tertiary/aromatic N) is 3. The highest BCUT2D eigenvalue weighted by Gasteiger charge is 2.34. The van der Waals surface area contributed by atoms with Crippen molar-refractivity contribution in [1.29, 1.82) is 5.26 Å². The Bertz CT molecular complexity index is 749. The Labute approximate surface area is 136 Å². The van der Waals surface area contributed by atoms with Gasteiger partial charge in [0.05, 0.1) is 0 Å². The van der Waals surface area contributed by atoms with Crippen LogP contribution in [0.3, 0.4) is 0 Å². The SMILES string of the molecule is CCN1C(=O)C(=Cc2ccc(N(C)C)cc2)C(C)=C(C#N)C1=O. The van der Waals surface area contributed by atoms with Crippen molar-refractivity contribution in [3.05, 3.63) is 46.5 Å². The molecule has 0 spiro atoms. The number of amides is 2. The molecule has 0 radical (unpaired) electrons. The van der Waals surface area contributed by atoms with E-state index >= 15 is 0 Å². The van der Waals surface area contributed by atoms with Gasteiger partial charge in [-0.3, -0.25) is 14.5 Å². The third kappa shape index (κ3) is 3.02. The predicted molar refractivity (Wildman–Crippen MR) is 89.5 cm³/mol. The predicted octanol–water partition coefficient (Wildman–Crippen LogP) is 2.36. The molecular weight excluding hydrogens is 290 g/mol. The smallest absolute Gasteiger partial charge is 0.271 e. The highest BCUT2D eigenvalue weighted by molar-refractivity contribution is 6.19. The molecule has 1 aromatic rings. The molecule has 2 rings (SSSR count). The van der Waals surface area contributed by atoms with Gasteiger partial charge in [0.2, 0.25) is 0 Å². The zero-order valence-electron chi connectivity index (χ0n) is 13.8. The van der Waals surface area contributed by atoms with Gasteiger partial charge in [-0.25, -0.2) is 0 Å². The van der Waals surface area contributed by atoms with Crippen molar-refractivity contribution in [3.8, 4) is 6.07 Å². The van der Waals surface area contributed by atoms with E-state index in [1.165, 1.54) is 0 Å². The highest BCUT2D eigenvalue weighted by Crippen LogP contribution is 2.27. The number of anilines is 1. The van der Waals surface area contributed by atoms with Crippen LogP contribution in [0.4, 0.5) is 5.69 Å². The summed E-state index contributed by atoms with van der Waals surface area (Å²) in [6.07, 6.45) is 1.73. The van der Waals surface area contributed by atoms with E-state index in [2.05, 4.69) is 0 Å². The molecule has 0 bridgehead atoms. The quantitative estimate of drug-likeness (QED) is 0.635. The fraction of sp³-hybridized carbons (Fsp3) is 0.278. The van der Waals surface area contributed by atoms with Gasteiger partial charge in [-0.1, -0.05) is 12.1 Å². The van der Waals surface area contributed by atoms with E-state index in [-0.39, 0.29) is 18.0 Å². The molecule has 0 atom stereocenters. The van der Waals surface area contributed by atoms with Crippen LogP contribution in [0, 0.1) is 11.3 Å². The molecule has 1 heterocycles. The molecule has 0 saturated carbocycles. The van der Waals surface area contributed by atoms with Gasteiger partial charge in [-0.2, -0.15) is 5.26 Å². The van der Waals surface area contributed by atoms with Gasteiger partial charge >= 0.3 is 0 Å². The molecule has 1 aliphatic heterocycles. The van der Waals surface area contributed by atoms with Gasteiger partial charge in [0.1, 0.15) is 11.6 Å². The molecule has 0 aliphatic carbocycles. The molecule has 23 heavy (non-hydrogen) atoms. The van der Waals surface area contributed by atoms with Crippen molar-refractivity contribution in [2.75, 3.05) is 25.5 Å². The van der Waals surface area contributed by atoms with Crippen LogP contribution in [0.1, 0.15) is 19.4 Å². The summed E-state index contributed by atoms with van der Waals surface area (Å²) in [4.78, 5) is 27.7. The topological polar surface area (TPSA) is 64.4 Å². The molecule has 5 nitrogen and oxygen atoms in total. The van der Waals surface area contributed by atoms with Crippen LogP contribution in [-0.2, 0) is 9.59 Å². The van der Waals surface area contributed by atoms with Crippen LogP contribution in [-0.4, -0.2) is 37.4 Å². The minimum absolute atomic E-state index is 0.0302. The van der Waals surface area contributed by atoms with Crippen molar-refractivity contribution in [2.24, 2.45) is 0 Å². The average molecular weight is 309 g/mol. The third-order valence-corrected chi connectivity index (χ3v) is 3.86. The van der Waals surface area contributed by atoms with Crippen molar-refractivity contribution in [2.45, 2.75) is 13.8 Å². The maximum absolute atomic E-state index is 12.5. The fourth-order valence-electron chi connectivity index (χ4n) is 2.45. The fourth-order valence-corrected chi connectivity index (χ4v) is 2.45. The second kappa shape index (κ2) is 6.49. The first kappa shape index (κ1) is 16.5. The Hall–Kier alpha value is -2.87. The maximum Gasteiger partial charge on any atom is 0.271 e. The standard InChI is InChI=1S/C18H19N3O2/c1-5-21-17(22)15(12(2)16(11-19)18(21)23)10-13-6-8-14(9-7-13)20(3)4/h6-10H,5H2,1-4H3. The summed E-state index contributed by atoms with van der Waals surface area (Å²) < 4.78 is 0. The van der Waals surface area contributed by atoms with E-state index in [0.29, 0.717) is 11.1 Å². The summed E-state index contributed by atoms with van der Waals surface area (Å²) in [5.74, 6) is -0.872. The monoisotopic (exact) mass is 309 g/mol. The molecule has 0 unspecified atom stereocenters. The number of hydrogen-bond donors (Lipinski definition) is 0. The molecule has 0 aromatic heterocycles. The number of nitriles is 1. The lowest BCUT2D eigenvalue weighted by atomic mass is 9.93. The van der Waals surface area contributed by atoms with Crippen molar-refractivity contribution >= 4 is 23.6 Å². The zero-order chi connectivity index (χ0) is 17.1. The Morgan fingerprint density at radius 1 is 1.17 bits per heavy atom. The second-order valence-electron chi connectivity index (χ2n) is 5.51. The highest BCUT2D eigenvalue weighted by atomic mass is 16.2. The Morgan fingerprint density at radius 3 is 2.26 bits per heavy atom. The summed E-state index contributed by atoms with van der Waals surface area (Å²) >= 11 is 0. The first-order chi connectivity index (χ1) is 10.9. The molecule has 0 saturated heterocycles. The molecular formula is C18H19N3O2. The lowest BCUT2D eigenvalue weighted by Crippen LogP contribution is -2.42. The Balaban J connectivity index is 2.51. The van der Waals surface area contributed by atoms with E-state index in [0.717, 1.165) is 16.2 Å². The first-order valence-electron chi connectivity index (χ1n) is 7.37. The van der Waals surface area contributed by atoms with Gasteiger partial charge in [0, 0.05) is 31.9 Å². The Morgan fingerprint density at radius 2 is 1.78 bits per heavy atom. The lowest BCUT2D eigenvalue weighted by Gasteiger charge is -2.26. The summed E-state index contributed by atoms with van der Waals surface area (Å²) in [6, 6.07) is 9.63. The minimum Gasteiger partial charge on any atom is -0.378 e. The van der Waals surface area contributed by atoms with Crippen molar-refractivity contribution in [1.82, 2.24) is 4.90 Å². The van der Waals surface area contributed by atoms with Crippen LogP contribution >= 0.6 is 0 Å². The van der Waals surface area contributed by atoms with Crippen LogP contribution < -0.4 is 4.90 Å². The van der Waals surface area contributed by atoms with Crippen LogP contribution in [0.2, 0.25) is 0 Å². The van der Waals surface area contributed by atoms with E-state index < -0.39 is 5.91 Å². The normalized spacial score (nSPS) is 16.8. The van der Waals surface area contributed by atoms with Crippen molar-refractivity contribution < 1.29 is 9.59 Å². The Kier molecular flexibility index (Phi) is 4.65. The van der Waals surface area contributed by atoms with Gasteiger partial charge in [-0.05, 0) is 43.2 Å². The number of carbonyl (C=O) groups excluding carboxylic acids is 2.